The summed E-state index contributed by atoms with van der Waals surface area (Å²) < 4.78 is 6.05. The van der Waals surface area contributed by atoms with Crippen LogP contribution in [0.1, 0.15) is 59.9 Å². The molecule has 8 heteroatoms. The standard InChI is InChI=1S/C40H39N3O5/c41-24-29-9-6-10-30(19-29)26-48-35-18-17-33-23-37(43(25-34(33)22-35)38(44)21-27-7-4-5-8-27)39(45)42-36(40(46)47)20-28-13-15-32(16-14-28)31-11-2-1-3-12-31/h1-3,6,9-19,22,27,36-37H,4-5,7-8,20-21,23,25-26H2,(H,42,45)(H,46,47)/t36-,37-/m0/s1. The lowest BCUT2D eigenvalue weighted by molar-refractivity contribution is -0.145. The van der Waals surface area contributed by atoms with Gasteiger partial charge in [-0.15, -0.1) is 0 Å². The molecule has 6 rings (SSSR count). The van der Waals surface area contributed by atoms with Crippen molar-refractivity contribution >= 4 is 17.8 Å². The number of nitriles is 1. The van der Waals surface area contributed by atoms with E-state index in [0.717, 1.165) is 59.1 Å². The van der Waals surface area contributed by atoms with Crippen LogP contribution in [0.3, 0.4) is 0 Å². The second kappa shape index (κ2) is 15.0. The first-order chi connectivity index (χ1) is 23.4. The molecule has 4 aromatic carbocycles. The Balaban J connectivity index is 1.18. The highest BCUT2D eigenvalue weighted by molar-refractivity contribution is 5.91. The van der Waals surface area contributed by atoms with E-state index in [0.29, 0.717) is 23.7 Å². The van der Waals surface area contributed by atoms with Gasteiger partial charge in [-0.25, -0.2) is 4.79 Å². The molecule has 0 radical (unpaired) electrons. The molecule has 0 unspecified atom stereocenters. The average Bonchev–Trinajstić information content (AvgIpc) is 3.63. The number of hydrogen-bond acceptors (Lipinski definition) is 5. The largest absolute Gasteiger partial charge is 0.489 e. The summed E-state index contributed by atoms with van der Waals surface area (Å²) in [5, 5.41) is 22.1. The van der Waals surface area contributed by atoms with Crippen LogP contribution in [0.5, 0.6) is 5.75 Å². The molecule has 0 saturated heterocycles. The van der Waals surface area contributed by atoms with Gasteiger partial charge in [0, 0.05) is 25.8 Å². The minimum atomic E-state index is -1.15. The number of amides is 2. The number of carbonyl (C=O) groups excluding carboxylic acids is 2. The Morgan fingerprint density at radius 1 is 0.875 bits per heavy atom. The Labute approximate surface area is 281 Å². The van der Waals surface area contributed by atoms with Crippen LogP contribution in [0, 0.1) is 17.2 Å². The predicted octanol–water partition coefficient (Wildman–Crippen LogP) is 6.45. The number of nitrogens with zero attached hydrogens (tertiary/aromatic N) is 2. The van der Waals surface area contributed by atoms with Gasteiger partial charge in [0.2, 0.25) is 11.8 Å². The van der Waals surface area contributed by atoms with Crippen molar-refractivity contribution < 1.29 is 24.2 Å². The number of nitrogens with one attached hydrogen (secondary N) is 1. The molecule has 244 valence electrons. The smallest absolute Gasteiger partial charge is 0.326 e. The number of aliphatic carboxylic acids is 1. The lowest BCUT2D eigenvalue weighted by atomic mass is 9.91. The number of carboxylic acid groups (broad SMARTS) is 1. The monoisotopic (exact) mass is 641 g/mol. The maximum Gasteiger partial charge on any atom is 0.326 e. The third-order valence-corrected chi connectivity index (χ3v) is 9.45. The molecule has 48 heavy (non-hydrogen) atoms. The van der Waals surface area contributed by atoms with E-state index in [1.54, 1.807) is 17.0 Å². The summed E-state index contributed by atoms with van der Waals surface area (Å²) in [7, 11) is 0. The lowest BCUT2D eigenvalue weighted by Crippen LogP contribution is -2.56. The minimum absolute atomic E-state index is 0.0873. The first kappa shape index (κ1) is 32.5. The summed E-state index contributed by atoms with van der Waals surface area (Å²) in [4.78, 5) is 41.6. The van der Waals surface area contributed by atoms with Gasteiger partial charge in [-0.2, -0.15) is 5.26 Å². The number of ether oxygens (including phenoxy) is 1. The summed E-state index contributed by atoms with van der Waals surface area (Å²) in [6, 6.07) is 30.7. The van der Waals surface area contributed by atoms with Crippen LogP contribution in [0.15, 0.2) is 97.1 Å². The van der Waals surface area contributed by atoms with Crippen molar-refractivity contribution in [1.82, 2.24) is 10.2 Å². The van der Waals surface area contributed by atoms with E-state index in [-0.39, 0.29) is 31.9 Å². The molecule has 0 spiro atoms. The maximum absolute atomic E-state index is 13.9. The van der Waals surface area contributed by atoms with E-state index < -0.39 is 24.0 Å². The molecule has 1 aliphatic carbocycles. The fourth-order valence-electron chi connectivity index (χ4n) is 6.79. The first-order valence-electron chi connectivity index (χ1n) is 16.6. The van der Waals surface area contributed by atoms with Gasteiger partial charge in [-0.3, -0.25) is 9.59 Å². The molecule has 8 nitrogen and oxygen atoms in total. The van der Waals surface area contributed by atoms with Crippen LogP contribution in [-0.2, 0) is 40.4 Å². The zero-order valence-electron chi connectivity index (χ0n) is 26.8. The SMILES string of the molecule is N#Cc1cccc(COc2ccc3c(c2)CN(C(=O)CC2CCCC2)[C@H](C(=O)N[C@@H](Cc2ccc(-c4ccccc4)cc2)C(=O)O)C3)c1. The number of rotatable bonds is 11. The molecule has 2 aliphatic rings. The molecule has 2 N–H and O–H groups in total. The molecular formula is C40H39N3O5. The average molecular weight is 642 g/mol. The van der Waals surface area contributed by atoms with E-state index in [4.69, 9.17) is 4.74 Å². The van der Waals surface area contributed by atoms with E-state index in [1.807, 2.05) is 84.9 Å². The highest BCUT2D eigenvalue weighted by Gasteiger charge is 2.37. The quantitative estimate of drug-likeness (QED) is 0.194. The van der Waals surface area contributed by atoms with Gasteiger partial charge in [0.15, 0.2) is 0 Å². The van der Waals surface area contributed by atoms with E-state index in [2.05, 4.69) is 11.4 Å². The van der Waals surface area contributed by atoms with Gasteiger partial charge in [0.25, 0.3) is 0 Å². The number of carboxylic acids is 1. The van der Waals surface area contributed by atoms with Gasteiger partial charge in [0.1, 0.15) is 24.4 Å². The minimum Gasteiger partial charge on any atom is -0.489 e. The van der Waals surface area contributed by atoms with Crippen LogP contribution in [-0.4, -0.2) is 39.9 Å². The van der Waals surface area contributed by atoms with Crippen molar-refractivity contribution in [2.45, 2.75) is 70.2 Å². The molecule has 0 aromatic heterocycles. The Hall–Kier alpha value is -5.42. The summed E-state index contributed by atoms with van der Waals surface area (Å²) in [5.41, 5.74) is 6.13. The molecular weight excluding hydrogens is 602 g/mol. The summed E-state index contributed by atoms with van der Waals surface area (Å²) in [6.45, 7) is 0.522. The number of benzene rings is 4. The molecule has 2 amide bonds. The summed E-state index contributed by atoms with van der Waals surface area (Å²) in [6.07, 6.45) is 4.99. The molecule has 0 bridgehead atoms. The van der Waals surface area contributed by atoms with E-state index >= 15 is 0 Å². The van der Waals surface area contributed by atoms with Crippen molar-refractivity contribution in [3.63, 3.8) is 0 Å². The first-order valence-corrected chi connectivity index (χ1v) is 16.6. The van der Waals surface area contributed by atoms with Gasteiger partial charge in [-0.05, 0) is 76.4 Å². The molecule has 1 heterocycles. The summed E-state index contributed by atoms with van der Waals surface area (Å²) >= 11 is 0. The van der Waals surface area contributed by atoms with E-state index in [1.165, 1.54) is 0 Å². The molecule has 4 aromatic rings. The second-order valence-electron chi connectivity index (χ2n) is 12.8. The highest BCUT2D eigenvalue weighted by atomic mass is 16.5. The second-order valence-corrected chi connectivity index (χ2v) is 12.8. The van der Waals surface area contributed by atoms with Crippen LogP contribution < -0.4 is 10.1 Å². The Bertz CT molecular complexity index is 1810. The van der Waals surface area contributed by atoms with Gasteiger partial charge in [0.05, 0.1) is 11.6 Å². The highest BCUT2D eigenvalue weighted by Crippen LogP contribution is 2.32. The Morgan fingerprint density at radius 2 is 1.62 bits per heavy atom. The zero-order valence-corrected chi connectivity index (χ0v) is 26.8. The normalized spacial score (nSPS) is 16.4. The number of hydrogen-bond donors (Lipinski definition) is 2. The topological polar surface area (TPSA) is 120 Å². The van der Waals surface area contributed by atoms with E-state index in [9.17, 15) is 24.8 Å². The van der Waals surface area contributed by atoms with Crippen LogP contribution in [0.2, 0.25) is 0 Å². The number of carbonyl (C=O) groups is 3. The zero-order chi connectivity index (χ0) is 33.5. The fraction of sp³-hybridized carbons (Fsp3) is 0.300. The van der Waals surface area contributed by atoms with Crippen molar-refractivity contribution in [2.75, 3.05) is 0 Å². The van der Waals surface area contributed by atoms with Crippen LogP contribution in [0.4, 0.5) is 0 Å². The Morgan fingerprint density at radius 3 is 2.35 bits per heavy atom. The van der Waals surface area contributed by atoms with Crippen molar-refractivity contribution in [3.8, 4) is 22.9 Å². The predicted molar refractivity (Wildman–Crippen MR) is 182 cm³/mol. The Kier molecular flexibility index (Phi) is 10.2. The van der Waals surface area contributed by atoms with Gasteiger partial charge in [-0.1, -0.05) is 85.6 Å². The molecule has 1 fully saturated rings. The van der Waals surface area contributed by atoms with Crippen molar-refractivity contribution in [1.29, 1.82) is 5.26 Å². The van der Waals surface area contributed by atoms with Crippen LogP contribution in [0.25, 0.3) is 11.1 Å². The maximum atomic E-state index is 13.9. The van der Waals surface area contributed by atoms with Crippen molar-refractivity contribution in [2.24, 2.45) is 5.92 Å². The van der Waals surface area contributed by atoms with Crippen LogP contribution >= 0.6 is 0 Å². The third-order valence-electron chi connectivity index (χ3n) is 9.45. The molecule has 2 atom stereocenters. The van der Waals surface area contributed by atoms with Crippen molar-refractivity contribution in [3.05, 3.63) is 125 Å². The molecule has 1 aliphatic heterocycles. The third kappa shape index (κ3) is 7.92. The number of fused-ring (bicyclic) bond motifs is 1. The summed E-state index contributed by atoms with van der Waals surface area (Å²) in [5.74, 6) is -0.752. The fourth-order valence-corrected chi connectivity index (χ4v) is 6.79. The molecule has 1 saturated carbocycles. The lowest BCUT2D eigenvalue weighted by Gasteiger charge is -2.37. The van der Waals surface area contributed by atoms with Gasteiger partial charge >= 0.3 is 5.97 Å². The van der Waals surface area contributed by atoms with Gasteiger partial charge < -0.3 is 20.1 Å².